The molecule has 0 unspecified atom stereocenters. The zero-order chi connectivity index (χ0) is 9.26. The lowest BCUT2D eigenvalue weighted by molar-refractivity contribution is 0.0993. The molecule has 0 saturated heterocycles. The lowest BCUT2D eigenvalue weighted by atomic mass is 9.97. The number of carbonyl (C=O) groups excluding carboxylic acids is 2. The number of amides is 1. The summed E-state index contributed by atoms with van der Waals surface area (Å²) < 4.78 is 0. The van der Waals surface area contributed by atoms with Crippen LogP contribution in [0.15, 0.2) is 23.2 Å². The van der Waals surface area contributed by atoms with Crippen LogP contribution in [0.25, 0.3) is 0 Å². The fourth-order valence-electron chi connectivity index (χ4n) is 1.44. The van der Waals surface area contributed by atoms with Crippen LogP contribution in [0, 0.1) is 0 Å². The van der Waals surface area contributed by atoms with Crippen LogP contribution < -0.4 is 0 Å². The molecule has 64 valence electrons. The molecular formula is C10H7NO2. The van der Waals surface area contributed by atoms with E-state index in [2.05, 4.69) is 4.99 Å². The molecule has 0 aliphatic carbocycles. The molecule has 0 saturated carbocycles. The number of aldehydes is 1. The van der Waals surface area contributed by atoms with E-state index < -0.39 is 0 Å². The van der Waals surface area contributed by atoms with Gasteiger partial charge in [0.05, 0.1) is 5.56 Å². The van der Waals surface area contributed by atoms with Crippen molar-refractivity contribution in [1.29, 1.82) is 0 Å². The second kappa shape index (κ2) is 2.94. The molecule has 3 heteroatoms. The van der Waals surface area contributed by atoms with Crippen molar-refractivity contribution >= 4 is 18.4 Å². The van der Waals surface area contributed by atoms with Crippen molar-refractivity contribution in [3.05, 3.63) is 34.9 Å². The minimum absolute atomic E-state index is 0.316. The summed E-state index contributed by atoms with van der Waals surface area (Å²) >= 11 is 0. The molecule has 2 rings (SSSR count). The van der Waals surface area contributed by atoms with E-state index in [0.29, 0.717) is 23.8 Å². The van der Waals surface area contributed by atoms with Crippen LogP contribution in [0.2, 0.25) is 0 Å². The van der Waals surface area contributed by atoms with E-state index in [9.17, 15) is 9.59 Å². The normalized spacial score (nSPS) is 14.0. The zero-order valence-electron chi connectivity index (χ0n) is 6.86. The molecule has 0 atom stereocenters. The molecule has 3 nitrogen and oxygen atoms in total. The fraction of sp³-hybridized carbons (Fsp3) is 0.100. The van der Waals surface area contributed by atoms with E-state index >= 15 is 0 Å². The summed E-state index contributed by atoms with van der Waals surface area (Å²) in [5.74, 6) is -0.316. The minimum atomic E-state index is -0.316. The van der Waals surface area contributed by atoms with Gasteiger partial charge in [0.25, 0.3) is 5.91 Å². The third kappa shape index (κ3) is 1.18. The van der Waals surface area contributed by atoms with Gasteiger partial charge in [-0.1, -0.05) is 18.2 Å². The van der Waals surface area contributed by atoms with E-state index in [1.807, 2.05) is 6.07 Å². The standard InChI is InChI=1S/C10H7NO2/c12-6-8-3-1-2-7-4-5-11-10(13)9(7)8/h1-3,5-6H,4H2. The van der Waals surface area contributed by atoms with Crippen LogP contribution in [-0.2, 0) is 6.42 Å². The maximum Gasteiger partial charge on any atom is 0.277 e. The molecule has 0 aromatic heterocycles. The van der Waals surface area contributed by atoms with Crippen LogP contribution in [0.4, 0.5) is 0 Å². The summed E-state index contributed by atoms with van der Waals surface area (Å²) in [4.78, 5) is 25.6. The molecule has 1 aromatic rings. The number of hydrogen-bond acceptors (Lipinski definition) is 2. The molecule has 0 spiro atoms. The van der Waals surface area contributed by atoms with Crippen molar-refractivity contribution < 1.29 is 9.59 Å². The Hall–Kier alpha value is -1.77. The predicted octanol–water partition coefficient (Wildman–Crippen LogP) is 1.27. The summed E-state index contributed by atoms with van der Waals surface area (Å²) in [6.45, 7) is 0. The Balaban J connectivity index is 2.67. The number of benzene rings is 1. The molecule has 1 heterocycles. The van der Waals surface area contributed by atoms with Crippen molar-refractivity contribution in [2.24, 2.45) is 4.99 Å². The van der Waals surface area contributed by atoms with Crippen molar-refractivity contribution in [3.8, 4) is 0 Å². The van der Waals surface area contributed by atoms with Gasteiger partial charge < -0.3 is 0 Å². The van der Waals surface area contributed by atoms with Gasteiger partial charge in [0.15, 0.2) is 6.29 Å². The average Bonchev–Trinajstić information content (AvgIpc) is 2.17. The molecule has 0 bridgehead atoms. The smallest absolute Gasteiger partial charge is 0.277 e. The number of aliphatic imine (C=N–C) groups is 1. The summed E-state index contributed by atoms with van der Waals surface area (Å²) in [7, 11) is 0. The van der Waals surface area contributed by atoms with Crippen molar-refractivity contribution in [3.63, 3.8) is 0 Å². The lowest BCUT2D eigenvalue weighted by Gasteiger charge is -2.09. The van der Waals surface area contributed by atoms with Gasteiger partial charge in [0.2, 0.25) is 0 Å². The molecule has 0 N–H and O–H groups in total. The molecule has 1 amide bonds. The zero-order valence-corrected chi connectivity index (χ0v) is 6.86. The number of nitrogens with zero attached hydrogens (tertiary/aromatic N) is 1. The average molecular weight is 173 g/mol. The van der Waals surface area contributed by atoms with Gasteiger partial charge in [0, 0.05) is 18.2 Å². The molecule has 1 aliphatic rings. The van der Waals surface area contributed by atoms with Crippen LogP contribution in [0.1, 0.15) is 26.3 Å². The van der Waals surface area contributed by atoms with E-state index in [-0.39, 0.29) is 5.91 Å². The van der Waals surface area contributed by atoms with Crippen LogP contribution in [0.3, 0.4) is 0 Å². The Kier molecular flexibility index (Phi) is 1.77. The van der Waals surface area contributed by atoms with Gasteiger partial charge in [-0.25, -0.2) is 4.99 Å². The third-order valence-corrected chi connectivity index (χ3v) is 2.04. The van der Waals surface area contributed by atoms with Crippen LogP contribution in [-0.4, -0.2) is 18.4 Å². The first-order chi connectivity index (χ1) is 6.33. The van der Waals surface area contributed by atoms with Gasteiger partial charge in [-0.3, -0.25) is 9.59 Å². The van der Waals surface area contributed by atoms with Crippen molar-refractivity contribution in [2.45, 2.75) is 6.42 Å². The molecule has 13 heavy (non-hydrogen) atoms. The largest absolute Gasteiger partial charge is 0.298 e. The Labute approximate surface area is 75.1 Å². The third-order valence-electron chi connectivity index (χ3n) is 2.04. The van der Waals surface area contributed by atoms with Crippen LogP contribution >= 0.6 is 0 Å². The highest BCUT2D eigenvalue weighted by Gasteiger charge is 2.17. The second-order valence-electron chi connectivity index (χ2n) is 2.82. The highest BCUT2D eigenvalue weighted by atomic mass is 16.1. The van der Waals surface area contributed by atoms with Gasteiger partial charge in [0.1, 0.15) is 0 Å². The quantitative estimate of drug-likeness (QED) is 0.600. The van der Waals surface area contributed by atoms with E-state index in [1.165, 1.54) is 0 Å². The van der Waals surface area contributed by atoms with E-state index in [4.69, 9.17) is 0 Å². The second-order valence-corrected chi connectivity index (χ2v) is 2.82. The van der Waals surface area contributed by atoms with Gasteiger partial charge in [-0.15, -0.1) is 0 Å². The first kappa shape index (κ1) is 7.86. The highest BCUT2D eigenvalue weighted by Crippen LogP contribution is 2.17. The number of carbonyl (C=O) groups is 2. The number of rotatable bonds is 1. The molecule has 0 fully saturated rings. The highest BCUT2D eigenvalue weighted by molar-refractivity contribution is 6.08. The Bertz CT molecular complexity index is 407. The molecule has 1 aromatic carbocycles. The van der Waals surface area contributed by atoms with Crippen molar-refractivity contribution in [1.82, 2.24) is 0 Å². The molecular weight excluding hydrogens is 166 g/mol. The number of fused-ring (bicyclic) bond motifs is 1. The number of hydrogen-bond donors (Lipinski definition) is 0. The summed E-state index contributed by atoms with van der Waals surface area (Å²) in [5, 5.41) is 0. The molecule has 0 radical (unpaired) electrons. The lowest BCUT2D eigenvalue weighted by Crippen LogP contribution is -2.11. The summed E-state index contributed by atoms with van der Waals surface area (Å²) in [6.07, 6.45) is 2.89. The van der Waals surface area contributed by atoms with Gasteiger partial charge in [-0.05, 0) is 5.56 Å². The monoisotopic (exact) mass is 173 g/mol. The summed E-state index contributed by atoms with van der Waals surface area (Å²) in [6, 6.07) is 5.24. The van der Waals surface area contributed by atoms with E-state index in [0.717, 1.165) is 5.56 Å². The minimum Gasteiger partial charge on any atom is -0.298 e. The fourth-order valence-corrected chi connectivity index (χ4v) is 1.44. The topological polar surface area (TPSA) is 46.5 Å². The van der Waals surface area contributed by atoms with Gasteiger partial charge >= 0.3 is 0 Å². The first-order valence-corrected chi connectivity index (χ1v) is 3.97. The predicted molar refractivity (Wildman–Crippen MR) is 48.4 cm³/mol. The SMILES string of the molecule is O=Cc1cccc2c1C(=O)N=CC2. The summed E-state index contributed by atoms with van der Waals surface area (Å²) in [5.41, 5.74) is 1.77. The first-order valence-electron chi connectivity index (χ1n) is 3.97. The van der Waals surface area contributed by atoms with Crippen LogP contribution in [0.5, 0.6) is 0 Å². The maximum absolute atomic E-state index is 11.3. The van der Waals surface area contributed by atoms with Crippen molar-refractivity contribution in [2.75, 3.05) is 0 Å². The Morgan fingerprint density at radius 1 is 1.38 bits per heavy atom. The van der Waals surface area contributed by atoms with E-state index in [1.54, 1.807) is 18.3 Å². The maximum atomic E-state index is 11.3. The van der Waals surface area contributed by atoms with Gasteiger partial charge in [-0.2, -0.15) is 0 Å². The Morgan fingerprint density at radius 2 is 2.23 bits per heavy atom. The Morgan fingerprint density at radius 3 is 3.00 bits per heavy atom. The molecule has 1 aliphatic heterocycles.